The lowest BCUT2D eigenvalue weighted by Crippen LogP contribution is -2.52. The van der Waals surface area contributed by atoms with Gasteiger partial charge in [0.2, 0.25) is 11.8 Å². The Morgan fingerprint density at radius 2 is 1.31 bits per heavy atom. The minimum atomic E-state index is -5.32. The zero-order valence-electron chi connectivity index (χ0n) is 21.2. The Hall–Kier alpha value is -3.20. The molecular formula is C24H32F6N4O5. The Balaban J connectivity index is 3.13. The van der Waals surface area contributed by atoms with Crippen LogP contribution in [0.25, 0.3) is 0 Å². The molecular weight excluding hydrogens is 538 g/mol. The average Bonchev–Trinajstić information content (AvgIpc) is 2.84. The van der Waals surface area contributed by atoms with Gasteiger partial charge in [-0.25, -0.2) is 4.79 Å². The molecule has 2 amide bonds. The molecule has 15 heteroatoms. The fourth-order valence-electron chi connectivity index (χ4n) is 3.64. The maximum Gasteiger partial charge on any atom is 0.417 e. The molecule has 1 aromatic carbocycles. The van der Waals surface area contributed by atoms with E-state index in [1.54, 1.807) is 0 Å². The Morgan fingerprint density at radius 1 is 0.821 bits per heavy atom. The van der Waals surface area contributed by atoms with Crippen LogP contribution in [0, 0.1) is 0 Å². The number of halogens is 6. The second-order valence-corrected chi connectivity index (χ2v) is 8.65. The monoisotopic (exact) mass is 570 g/mol. The number of nitrogens with two attached hydrogens (primary N) is 2. The summed E-state index contributed by atoms with van der Waals surface area (Å²) >= 11 is 0. The van der Waals surface area contributed by atoms with Crippen molar-refractivity contribution in [2.45, 2.75) is 69.9 Å². The molecule has 9 nitrogen and oxygen atoms in total. The third-order valence-electron chi connectivity index (χ3n) is 5.52. The molecule has 1 aromatic rings. The van der Waals surface area contributed by atoms with E-state index in [2.05, 4.69) is 15.4 Å². The van der Waals surface area contributed by atoms with Gasteiger partial charge in [0.1, 0.15) is 6.04 Å². The highest BCUT2D eigenvalue weighted by Crippen LogP contribution is 2.39. The second kappa shape index (κ2) is 15.4. The van der Waals surface area contributed by atoms with Crippen LogP contribution >= 0.6 is 0 Å². The van der Waals surface area contributed by atoms with Gasteiger partial charge in [-0.2, -0.15) is 26.3 Å². The van der Waals surface area contributed by atoms with Gasteiger partial charge in [0, 0.05) is 6.92 Å². The number of benzene rings is 1. The topological polar surface area (TPSA) is 154 Å². The Kier molecular flexibility index (Phi) is 13.4. The van der Waals surface area contributed by atoms with E-state index in [4.69, 9.17) is 11.5 Å². The Bertz CT molecular complexity index is 968. The van der Waals surface area contributed by atoms with Crippen LogP contribution < -0.4 is 22.1 Å². The van der Waals surface area contributed by atoms with Crippen LogP contribution in [0.5, 0.6) is 0 Å². The number of carbonyl (C=O) groups excluding carboxylic acids is 4. The van der Waals surface area contributed by atoms with Gasteiger partial charge in [0.15, 0.2) is 12.4 Å². The zero-order chi connectivity index (χ0) is 29.8. The number of unbranched alkanes of at least 4 members (excludes halogenated alkanes) is 2. The molecule has 0 spiro atoms. The average molecular weight is 571 g/mol. The van der Waals surface area contributed by atoms with Crippen molar-refractivity contribution in [3.05, 3.63) is 34.9 Å². The quantitative estimate of drug-likeness (QED) is 0.144. The molecule has 0 saturated heterocycles. The third-order valence-corrected chi connectivity index (χ3v) is 5.52. The lowest BCUT2D eigenvalue weighted by atomic mass is 10.00. The van der Waals surface area contributed by atoms with Crippen LogP contribution in [0.4, 0.5) is 26.3 Å². The Morgan fingerprint density at radius 3 is 1.74 bits per heavy atom. The number of hydrogen-bond donors (Lipinski definition) is 4. The first-order chi connectivity index (χ1) is 18.1. The minimum absolute atomic E-state index is 0.0120. The lowest BCUT2D eigenvalue weighted by Gasteiger charge is -2.23. The van der Waals surface area contributed by atoms with E-state index < -0.39 is 71.3 Å². The summed E-state index contributed by atoms with van der Waals surface area (Å²) in [5.41, 5.74) is 5.35. The van der Waals surface area contributed by atoms with Crippen LogP contribution in [0.15, 0.2) is 18.2 Å². The highest BCUT2D eigenvalue weighted by atomic mass is 19.4. The van der Waals surface area contributed by atoms with Gasteiger partial charge in [0.05, 0.1) is 22.7 Å². The number of alkyl halides is 6. The van der Waals surface area contributed by atoms with Gasteiger partial charge in [-0.15, -0.1) is 0 Å². The van der Waals surface area contributed by atoms with Crippen LogP contribution in [0.3, 0.4) is 0 Å². The molecule has 6 N–H and O–H groups in total. The number of carbonyl (C=O) groups is 4. The third kappa shape index (κ3) is 11.2. The molecule has 2 unspecified atom stereocenters. The summed E-state index contributed by atoms with van der Waals surface area (Å²) < 4.78 is 84.8. The normalized spacial score (nSPS) is 13.4. The molecule has 0 fully saturated rings. The van der Waals surface area contributed by atoms with Crippen LogP contribution in [-0.2, 0) is 31.5 Å². The molecule has 39 heavy (non-hydrogen) atoms. The highest BCUT2D eigenvalue weighted by molar-refractivity contribution is 5.97. The number of rotatable bonds is 15. The Labute approximate surface area is 221 Å². The summed E-state index contributed by atoms with van der Waals surface area (Å²) in [5.74, 6) is -4.25. The SMILES string of the molecule is CC(=O)NC(CCCCN)C(=O)NC(CCCCN)C(=O)COC(=O)c1c(C(F)(F)F)cccc1C(F)(F)F. The molecule has 220 valence electrons. The summed E-state index contributed by atoms with van der Waals surface area (Å²) in [6.45, 7) is 0.549. The van der Waals surface area contributed by atoms with Gasteiger partial charge in [-0.3, -0.25) is 14.4 Å². The number of Topliss-reactive ketones (excluding diaryl/α,β-unsaturated/α-hetero) is 1. The molecule has 0 aliphatic carbocycles. The van der Waals surface area contributed by atoms with Gasteiger partial charge in [-0.1, -0.05) is 6.07 Å². The van der Waals surface area contributed by atoms with E-state index in [0.717, 1.165) is 0 Å². The predicted molar refractivity (Wildman–Crippen MR) is 127 cm³/mol. The first-order valence-electron chi connectivity index (χ1n) is 12.1. The van der Waals surface area contributed by atoms with Crippen molar-refractivity contribution in [2.24, 2.45) is 11.5 Å². The lowest BCUT2D eigenvalue weighted by molar-refractivity contribution is -0.144. The van der Waals surface area contributed by atoms with Gasteiger partial charge in [0.25, 0.3) is 0 Å². The van der Waals surface area contributed by atoms with Crippen molar-refractivity contribution in [3.63, 3.8) is 0 Å². The summed E-state index contributed by atoms with van der Waals surface area (Å²) in [6, 6.07) is -1.28. The predicted octanol–water partition coefficient (Wildman–Crippen LogP) is 2.70. The molecule has 1 rings (SSSR count). The first-order valence-corrected chi connectivity index (χ1v) is 12.1. The molecule has 0 bridgehead atoms. The van der Waals surface area contributed by atoms with Crippen molar-refractivity contribution >= 4 is 23.6 Å². The van der Waals surface area contributed by atoms with Crippen molar-refractivity contribution in [2.75, 3.05) is 19.7 Å². The number of esters is 1. The van der Waals surface area contributed by atoms with E-state index in [0.29, 0.717) is 38.3 Å². The summed E-state index contributed by atoms with van der Waals surface area (Å²) in [4.78, 5) is 49.5. The van der Waals surface area contributed by atoms with Crippen molar-refractivity contribution in [3.8, 4) is 0 Å². The molecule has 0 saturated carbocycles. The number of hydrogen-bond acceptors (Lipinski definition) is 7. The number of amides is 2. The second-order valence-electron chi connectivity index (χ2n) is 8.65. The maximum atomic E-state index is 13.4. The molecule has 0 radical (unpaired) electrons. The van der Waals surface area contributed by atoms with Crippen LogP contribution in [0.1, 0.15) is 66.9 Å². The number of ether oxygens (including phenoxy) is 1. The van der Waals surface area contributed by atoms with Crippen LogP contribution in [-0.4, -0.2) is 55.3 Å². The van der Waals surface area contributed by atoms with E-state index in [-0.39, 0.29) is 31.5 Å². The minimum Gasteiger partial charge on any atom is -0.454 e. The fourth-order valence-corrected chi connectivity index (χ4v) is 3.64. The van der Waals surface area contributed by atoms with E-state index in [1.807, 2.05) is 0 Å². The molecule has 0 heterocycles. The summed E-state index contributed by atoms with van der Waals surface area (Å²) in [7, 11) is 0. The highest BCUT2D eigenvalue weighted by Gasteiger charge is 2.43. The molecule has 0 aromatic heterocycles. The van der Waals surface area contributed by atoms with E-state index in [1.165, 1.54) is 6.92 Å². The molecule has 0 aliphatic rings. The van der Waals surface area contributed by atoms with Gasteiger partial charge >= 0.3 is 18.3 Å². The molecule has 2 atom stereocenters. The van der Waals surface area contributed by atoms with Crippen molar-refractivity contribution in [1.82, 2.24) is 10.6 Å². The van der Waals surface area contributed by atoms with Gasteiger partial charge in [-0.05, 0) is 63.7 Å². The van der Waals surface area contributed by atoms with Crippen LogP contribution in [0.2, 0.25) is 0 Å². The van der Waals surface area contributed by atoms with Gasteiger partial charge < -0.3 is 26.8 Å². The first kappa shape index (κ1) is 33.8. The number of nitrogens with one attached hydrogen (secondary N) is 2. The summed E-state index contributed by atoms with van der Waals surface area (Å²) in [6.07, 6.45) is -8.69. The van der Waals surface area contributed by atoms with E-state index >= 15 is 0 Å². The standard InChI is InChI=1S/C24H32F6N4O5/c1-14(35)33-18(10-3-5-12-32)21(37)34-17(9-2-4-11-31)19(36)13-39-22(38)20-15(23(25,26)27)7-6-8-16(20)24(28,29)30/h6-8,17-18H,2-5,9-13,31-32H2,1H3,(H,33,35)(H,34,37). The molecule has 0 aliphatic heterocycles. The largest absolute Gasteiger partial charge is 0.454 e. The van der Waals surface area contributed by atoms with E-state index in [9.17, 15) is 45.5 Å². The fraction of sp³-hybridized carbons (Fsp3) is 0.583. The van der Waals surface area contributed by atoms with Crippen molar-refractivity contribution in [1.29, 1.82) is 0 Å². The smallest absolute Gasteiger partial charge is 0.417 e. The maximum absolute atomic E-state index is 13.4. The van der Waals surface area contributed by atoms with Crippen molar-refractivity contribution < 1.29 is 50.3 Å². The summed E-state index contributed by atoms with van der Waals surface area (Å²) in [5, 5.41) is 4.86. The zero-order valence-corrected chi connectivity index (χ0v) is 21.2. The number of ketones is 1.